The van der Waals surface area contributed by atoms with Gasteiger partial charge in [0.05, 0.1) is 5.52 Å². The molecule has 2 aromatic rings. The van der Waals surface area contributed by atoms with Gasteiger partial charge in [0, 0.05) is 23.0 Å². The lowest BCUT2D eigenvalue weighted by Crippen LogP contribution is -2.43. The van der Waals surface area contributed by atoms with Crippen LogP contribution in [0.5, 0.6) is 0 Å². The quantitative estimate of drug-likeness (QED) is 0.767. The summed E-state index contributed by atoms with van der Waals surface area (Å²) in [5, 5.41) is 4.20. The molecule has 5 atom stereocenters. The van der Waals surface area contributed by atoms with Gasteiger partial charge in [0.25, 0.3) is 0 Å². The first-order chi connectivity index (χ1) is 13.2. The molecule has 2 fully saturated rings. The van der Waals surface area contributed by atoms with Gasteiger partial charge in [0.15, 0.2) is 0 Å². The summed E-state index contributed by atoms with van der Waals surface area (Å²) in [6.45, 7) is 8.05. The second kappa shape index (κ2) is 7.13. The molecule has 1 aromatic carbocycles. The van der Waals surface area contributed by atoms with Crippen LogP contribution in [0, 0.1) is 29.0 Å². The highest BCUT2D eigenvalue weighted by Gasteiger charge is 2.44. The third-order valence-corrected chi connectivity index (χ3v) is 6.98. The topological polar surface area (TPSA) is 42.0 Å². The van der Waals surface area contributed by atoms with Crippen molar-refractivity contribution < 1.29 is 9.18 Å². The lowest BCUT2D eigenvalue weighted by atomic mass is 9.88. The molecule has 0 saturated heterocycles. The maximum absolute atomic E-state index is 13.8. The molecule has 2 saturated carbocycles. The van der Waals surface area contributed by atoms with Crippen molar-refractivity contribution in [2.24, 2.45) is 23.2 Å². The molecule has 0 radical (unpaired) electrons. The monoisotopic (exact) mass is 382 g/mol. The fourth-order valence-electron chi connectivity index (χ4n) is 5.36. The number of hydrogen-bond acceptors (Lipinski definition) is 2. The highest BCUT2D eigenvalue weighted by molar-refractivity contribution is 5.82. The SMILES string of the molecule is CC(NC(=O)C(C)(C)C)C1C[C@@H]2C[C@H](c3ccnc4ccc(F)cc34)C[C@@H]2C1. The number of rotatable bonds is 3. The predicted octanol–water partition coefficient (Wildman–Crippen LogP) is 5.44. The average Bonchev–Trinajstić information content (AvgIpc) is 3.19. The number of halogens is 1. The van der Waals surface area contributed by atoms with E-state index in [9.17, 15) is 9.18 Å². The zero-order chi connectivity index (χ0) is 20.1. The Morgan fingerprint density at radius 2 is 1.82 bits per heavy atom. The number of hydrogen-bond donors (Lipinski definition) is 1. The van der Waals surface area contributed by atoms with Gasteiger partial charge < -0.3 is 5.32 Å². The molecule has 0 bridgehead atoms. The standard InChI is InChI=1S/C24H31FN2O/c1-14(27-23(28)24(2,3)4)15-9-16-11-18(12-17(16)10-15)20-7-8-26-22-6-5-19(25)13-21(20)22/h5-8,13-18H,9-12H2,1-4H3,(H,27,28)/t14?,15?,16-,17+,18+. The molecule has 4 rings (SSSR count). The van der Waals surface area contributed by atoms with E-state index in [0.29, 0.717) is 23.7 Å². The van der Waals surface area contributed by atoms with Gasteiger partial charge in [-0.15, -0.1) is 0 Å². The van der Waals surface area contributed by atoms with Crippen molar-refractivity contribution >= 4 is 16.8 Å². The van der Waals surface area contributed by atoms with Gasteiger partial charge in [-0.1, -0.05) is 20.8 Å². The van der Waals surface area contributed by atoms with Crippen molar-refractivity contribution in [1.29, 1.82) is 0 Å². The molecule has 0 aliphatic heterocycles. The Hall–Kier alpha value is -1.97. The van der Waals surface area contributed by atoms with E-state index in [0.717, 1.165) is 23.7 Å². The zero-order valence-electron chi connectivity index (χ0n) is 17.3. The first kappa shape index (κ1) is 19.4. The highest BCUT2D eigenvalue weighted by atomic mass is 19.1. The van der Waals surface area contributed by atoms with E-state index >= 15 is 0 Å². The number of aromatic nitrogens is 1. The Balaban J connectivity index is 1.44. The van der Waals surface area contributed by atoms with Crippen LogP contribution >= 0.6 is 0 Å². The average molecular weight is 383 g/mol. The summed E-state index contributed by atoms with van der Waals surface area (Å²) < 4.78 is 13.8. The molecule has 2 unspecified atom stereocenters. The molecule has 0 spiro atoms. The van der Waals surface area contributed by atoms with Crippen LogP contribution in [-0.2, 0) is 4.79 Å². The number of carbonyl (C=O) groups is 1. The Labute approximate surface area is 167 Å². The van der Waals surface area contributed by atoms with Crippen LogP contribution in [-0.4, -0.2) is 16.9 Å². The first-order valence-corrected chi connectivity index (χ1v) is 10.6. The molecule has 2 aliphatic carbocycles. The van der Waals surface area contributed by atoms with Gasteiger partial charge in [-0.2, -0.15) is 0 Å². The minimum atomic E-state index is -0.342. The number of fused-ring (bicyclic) bond motifs is 2. The van der Waals surface area contributed by atoms with Crippen LogP contribution in [0.25, 0.3) is 10.9 Å². The zero-order valence-corrected chi connectivity index (χ0v) is 17.3. The number of nitrogens with one attached hydrogen (secondary N) is 1. The first-order valence-electron chi connectivity index (χ1n) is 10.6. The molecular weight excluding hydrogens is 351 g/mol. The largest absolute Gasteiger partial charge is 0.353 e. The fourth-order valence-corrected chi connectivity index (χ4v) is 5.36. The Morgan fingerprint density at radius 3 is 2.46 bits per heavy atom. The molecule has 150 valence electrons. The Morgan fingerprint density at radius 1 is 1.14 bits per heavy atom. The van der Waals surface area contributed by atoms with E-state index in [2.05, 4.69) is 23.3 Å². The highest BCUT2D eigenvalue weighted by Crippen LogP contribution is 2.53. The molecule has 28 heavy (non-hydrogen) atoms. The van der Waals surface area contributed by atoms with Crippen LogP contribution in [0.4, 0.5) is 4.39 Å². The normalized spacial score (nSPS) is 28.3. The summed E-state index contributed by atoms with van der Waals surface area (Å²) in [5.74, 6) is 2.42. The second-order valence-corrected chi connectivity index (χ2v) is 9.99. The van der Waals surface area contributed by atoms with Crippen molar-refractivity contribution in [3.63, 3.8) is 0 Å². The number of amides is 1. The molecule has 1 heterocycles. The van der Waals surface area contributed by atoms with Gasteiger partial charge in [0.2, 0.25) is 5.91 Å². The molecule has 4 heteroatoms. The summed E-state index contributed by atoms with van der Waals surface area (Å²) in [4.78, 5) is 16.7. The smallest absolute Gasteiger partial charge is 0.225 e. The minimum Gasteiger partial charge on any atom is -0.353 e. The van der Waals surface area contributed by atoms with Gasteiger partial charge >= 0.3 is 0 Å². The maximum Gasteiger partial charge on any atom is 0.225 e. The van der Waals surface area contributed by atoms with Crippen molar-refractivity contribution in [2.75, 3.05) is 0 Å². The van der Waals surface area contributed by atoms with Crippen LogP contribution in [0.2, 0.25) is 0 Å². The predicted molar refractivity (Wildman–Crippen MR) is 110 cm³/mol. The van der Waals surface area contributed by atoms with E-state index in [1.807, 2.05) is 27.0 Å². The maximum atomic E-state index is 13.8. The van der Waals surface area contributed by atoms with Gasteiger partial charge in [0.1, 0.15) is 5.82 Å². The Bertz CT molecular complexity index is 874. The fraction of sp³-hybridized carbons (Fsp3) is 0.583. The van der Waals surface area contributed by atoms with Crippen LogP contribution in [0.3, 0.4) is 0 Å². The van der Waals surface area contributed by atoms with Crippen molar-refractivity contribution in [3.05, 3.63) is 41.8 Å². The van der Waals surface area contributed by atoms with Gasteiger partial charge in [-0.3, -0.25) is 9.78 Å². The van der Waals surface area contributed by atoms with E-state index < -0.39 is 0 Å². The number of pyridine rings is 1. The summed E-state index contributed by atoms with van der Waals surface area (Å²) in [6.07, 6.45) is 6.55. The minimum absolute atomic E-state index is 0.139. The molecule has 3 nitrogen and oxygen atoms in total. The summed E-state index contributed by atoms with van der Waals surface area (Å²) in [7, 11) is 0. The molecular formula is C24H31FN2O. The summed E-state index contributed by atoms with van der Waals surface area (Å²) in [6, 6.07) is 7.21. The summed E-state index contributed by atoms with van der Waals surface area (Å²) in [5.41, 5.74) is 1.79. The van der Waals surface area contributed by atoms with Crippen LogP contribution in [0.15, 0.2) is 30.5 Å². The van der Waals surface area contributed by atoms with Gasteiger partial charge in [-0.05, 0) is 86.1 Å². The lowest BCUT2D eigenvalue weighted by molar-refractivity contribution is -0.129. The second-order valence-electron chi connectivity index (χ2n) is 9.99. The van der Waals surface area contributed by atoms with E-state index in [4.69, 9.17) is 0 Å². The molecule has 2 aliphatic rings. The van der Waals surface area contributed by atoms with Crippen molar-refractivity contribution in [3.8, 4) is 0 Å². The Kier molecular flexibility index (Phi) is 4.93. The third kappa shape index (κ3) is 3.66. The van der Waals surface area contributed by atoms with Gasteiger partial charge in [-0.25, -0.2) is 4.39 Å². The third-order valence-electron chi connectivity index (χ3n) is 6.98. The van der Waals surface area contributed by atoms with Crippen molar-refractivity contribution in [1.82, 2.24) is 10.3 Å². The van der Waals surface area contributed by atoms with Crippen LogP contribution in [0.1, 0.15) is 64.9 Å². The number of nitrogens with zero attached hydrogens (tertiary/aromatic N) is 1. The molecule has 1 aromatic heterocycles. The summed E-state index contributed by atoms with van der Waals surface area (Å²) >= 11 is 0. The van der Waals surface area contributed by atoms with E-state index in [1.165, 1.54) is 24.5 Å². The molecule has 1 amide bonds. The number of benzene rings is 1. The van der Waals surface area contributed by atoms with E-state index in [-0.39, 0.29) is 23.2 Å². The van der Waals surface area contributed by atoms with E-state index in [1.54, 1.807) is 12.1 Å². The number of carbonyl (C=O) groups excluding carboxylic acids is 1. The van der Waals surface area contributed by atoms with Crippen LogP contribution < -0.4 is 5.32 Å². The molecule has 1 N–H and O–H groups in total. The lowest BCUT2D eigenvalue weighted by Gasteiger charge is -2.26. The van der Waals surface area contributed by atoms with Crippen molar-refractivity contribution in [2.45, 2.75) is 65.3 Å².